The van der Waals surface area contributed by atoms with Crippen molar-refractivity contribution < 1.29 is 19.4 Å². The van der Waals surface area contributed by atoms with Crippen LogP contribution in [0.3, 0.4) is 0 Å². The van der Waals surface area contributed by atoms with Crippen molar-refractivity contribution >= 4 is 23.8 Å². The zero-order valence-corrected chi connectivity index (χ0v) is 12.8. The number of hydrogen-bond acceptors (Lipinski definition) is 4. The number of carboxylic acids is 1. The van der Waals surface area contributed by atoms with Crippen LogP contribution in [-0.4, -0.2) is 29.0 Å². The van der Waals surface area contributed by atoms with Crippen LogP contribution in [0.15, 0.2) is 29.2 Å². The van der Waals surface area contributed by atoms with E-state index in [0.717, 1.165) is 4.90 Å². The quantitative estimate of drug-likeness (QED) is 0.835. The molecule has 0 aliphatic rings. The maximum absolute atomic E-state index is 11.7. The van der Waals surface area contributed by atoms with Crippen LogP contribution in [-0.2, 0) is 9.53 Å². The van der Waals surface area contributed by atoms with Crippen LogP contribution in [0.2, 0.25) is 0 Å². The molecule has 0 aliphatic heterocycles. The molecule has 1 rings (SSSR count). The van der Waals surface area contributed by atoms with Crippen molar-refractivity contribution in [2.45, 2.75) is 37.3 Å². The summed E-state index contributed by atoms with van der Waals surface area (Å²) < 4.78 is 5.07. The maximum atomic E-state index is 11.7. The van der Waals surface area contributed by atoms with E-state index in [4.69, 9.17) is 4.74 Å². The molecule has 1 aromatic rings. The molecule has 110 valence electrons. The number of carboxylic acid groups (broad SMARTS) is 1. The topological polar surface area (TPSA) is 75.6 Å². The second-order valence-corrected chi connectivity index (χ2v) is 6.07. The van der Waals surface area contributed by atoms with E-state index >= 15 is 0 Å². The van der Waals surface area contributed by atoms with Crippen LogP contribution < -0.4 is 5.32 Å². The first-order valence-corrected chi connectivity index (χ1v) is 7.31. The molecule has 1 unspecified atom stereocenters. The Bertz CT molecular complexity index is 479. The lowest BCUT2D eigenvalue weighted by molar-refractivity contribution is -0.139. The molecule has 0 saturated heterocycles. The fourth-order valence-corrected chi connectivity index (χ4v) is 1.92. The third-order valence-corrected chi connectivity index (χ3v) is 3.10. The third-order valence-electron chi connectivity index (χ3n) is 2.36. The normalized spacial score (nSPS) is 12.6. The van der Waals surface area contributed by atoms with E-state index in [1.807, 2.05) is 18.4 Å². The van der Waals surface area contributed by atoms with Crippen molar-refractivity contribution in [3.8, 4) is 0 Å². The summed E-state index contributed by atoms with van der Waals surface area (Å²) in [6, 6.07) is 5.87. The summed E-state index contributed by atoms with van der Waals surface area (Å²) in [4.78, 5) is 24.0. The van der Waals surface area contributed by atoms with Crippen molar-refractivity contribution in [3.05, 3.63) is 29.8 Å². The molecular formula is C14H19NO4S. The summed E-state index contributed by atoms with van der Waals surface area (Å²) in [5, 5.41) is 11.6. The molecular weight excluding hydrogens is 278 g/mol. The van der Waals surface area contributed by atoms with E-state index in [9.17, 15) is 14.7 Å². The molecule has 0 fully saturated rings. The Balaban J connectivity index is 2.83. The lowest BCUT2D eigenvalue weighted by Crippen LogP contribution is -2.38. The summed E-state index contributed by atoms with van der Waals surface area (Å²) in [6.07, 6.45) is 1.18. The molecule has 6 heteroatoms. The number of thioether (sulfide) groups is 1. The van der Waals surface area contributed by atoms with Gasteiger partial charge in [0.05, 0.1) is 0 Å². The van der Waals surface area contributed by atoms with E-state index < -0.39 is 23.7 Å². The van der Waals surface area contributed by atoms with Gasteiger partial charge in [0.1, 0.15) is 5.60 Å². The van der Waals surface area contributed by atoms with Gasteiger partial charge >= 0.3 is 12.1 Å². The first kappa shape index (κ1) is 16.4. The molecule has 20 heavy (non-hydrogen) atoms. The second-order valence-electron chi connectivity index (χ2n) is 5.19. The molecule has 1 atom stereocenters. The number of carbonyl (C=O) groups is 2. The number of ether oxygens (including phenoxy) is 1. The zero-order valence-electron chi connectivity index (χ0n) is 12.0. The van der Waals surface area contributed by atoms with Crippen molar-refractivity contribution in [2.24, 2.45) is 0 Å². The highest BCUT2D eigenvalue weighted by atomic mass is 32.2. The molecule has 0 bridgehead atoms. The number of benzene rings is 1. The Morgan fingerprint density at radius 2 is 1.80 bits per heavy atom. The second kappa shape index (κ2) is 6.65. The largest absolute Gasteiger partial charge is 0.479 e. The predicted octanol–water partition coefficient (Wildman–Crippen LogP) is 3.06. The molecule has 1 aromatic carbocycles. The molecule has 1 amide bonds. The summed E-state index contributed by atoms with van der Waals surface area (Å²) in [5.74, 6) is -1.13. The van der Waals surface area contributed by atoms with Gasteiger partial charge in [0, 0.05) is 4.90 Å². The SMILES string of the molecule is CSc1ccc(C(NC(=O)OC(C)(C)C)C(=O)O)cc1. The van der Waals surface area contributed by atoms with E-state index in [0.29, 0.717) is 5.56 Å². The van der Waals surface area contributed by atoms with Crippen molar-refractivity contribution in [3.63, 3.8) is 0 Å². The van der Waals surface area contributed by atoms with Crippen molar-refractivity contribution in [1.29, 1.82) is 0 Å². The average molecular weight is 297 g/mol. The van der Waals surface area contributed by atoms with Gasteiger partial charge in [-0.3, -0.25) is 0 Å². The molecule has 5 nitrogen and oxygen atoms in total. The fraction of sp³-hybridized carbons (Fsp3) is 0.429. The number of aliphatic carboxylic acids is 1. The van der Waals surface area contributed by atoms with Crippen LogP contribution in [0, 0.1) is 0 Å². The van der Waals surface area contributed by atoms with Crippen LogP contribution >= 0.6 is 11.8 Å². The van der Waals surface area contributed by atoms with Gasteiger partial charge in [0.2, 0.25) is 0 Å². The minimum absolute atomic E-state index is 0.501. The lowest BCUT2D eigenvalue weighted by atomic mass is 10.1. The van der Waals surface area contributed by atoms with Gasteiger partial charge < -0.3 is 15.2 Å². The Morgan fingerprint density at radius 1 is 1.25 bits per heavy atom. The van der Waals surface area contributed by atoms with Gasteiger partial charge in [0.25, 0.3) is 0 Å². The highest BCUT2D eigenvalue weighted by Gasteiger charge is 2.25. The number of carbonyl (C=O) groups excluding carboxylic acids is 1. The Kier molecular flexibility index (Phi) is 5.44. The number of alkyl carbamates (subject to hydrolysis) is 1. The van der Waals surface area contributed by atoms with Crippen molar-refractivity contribution in [2.75, 3.05) is 6.26 Å². The number of hydrogen-bond donors (Lipinski definition) is 2. The first-order chi connectivity index (χ1) is 9.23. The highest BCUT2D eigenvalue weighted by Crippen LogP contribution is 2.20. The number of nitrogens with one attached hydrogen (secondary N) is 1. The van der Waals surface area contributed by atoms with Gasteiger partial charge in [-0.25, -0.2) is 9.59 Å². The minimum Gasteiger partial charge on any atom is -0.479 e. The van der Waals surface area contributed by atoms with Crippen LogP contribution in [0.25, 0.3) is 0 Å². The molecule has 0 radical (unpaired) electrons. The van der Waals surface area contributed by atoms with Crippen LogP contribution in [0.5, 0.6) is 0 Å². The molecule has 0 aromatic heterocycles. The Hall–Kier alpha value is -1.69. The standard InChI is InChI=1S/C14H19NO4S/c1-14(2,3)19-13(18)15-11(12(16)17)9-5-7-10(20-4)8-6-9/h5-8,11H,1-4H3,(H,15,18)(H,16,17). The Labute approximate surface area is 122 Å². The summed E-state index contributed by atoms with van der Waals surface area (Å²) >= 11 is 1.56. The van der Waals surface area contributed by atoms with Gasteiger partial charge in [-0.1, -0.05) is 12.1 Å². The minimum atomic E-state index is -1.13. The smallest absolute Gasteiger partial charge is 0.408 e. The highest BCUT2D eigenvalue weighted by molar-refractivity contribution is 7.98. The maximum Gasteiger partial charge on any atom is 0.408 e. The van der Waals surface area contributed by atoms with E-state index in [1.54, 1.807) is 44.7 Å². The van der Waals surface area contributed by atoms with Crippen LogP contribution in [0.4, 0.5) is 4.79 Å². The van der Waals surface area contributed by atoms with E-state index in [2.05, 4.69) is 5.32 Å². The fourth-order valence-electron chi connectivity index (χ4n) is 1.51. The monoisotopic (exact) mass is 297 g/mol. The van der Waals surface area contributed by atoms with Gasteiger partial charge in [-0.2, -0.15) is 0 Å². The van der Waals surface area contributed by atoms with E-state index in [1.165, 1.54) is 0 Å². The molecule has 0 aliphatic carbocycles. The number of amides is 1. The first-order valence-electron chi connectivity index (χ1n) is 6.09. The molecule has 0 heterocycles. The van der Waals surface area contributed by atoms with Gasteiger partial charge in [0.15, 0.2) is 6.04 Å². The number of rotatable bonds is 4. The molecule has 0 saturated carbocycles. The lowest BCUT2D eigenvalue weighted by Gasteiger charge is -2.22. The third kappa shape index (κ3) is 5.13. The summed E-state index contributed by atoms with van der Waals surface area (Å²) in [6.45, 7) is 5.15. The summed E-state index contributed by atoms with van der Waals surface area (Å²) in [5.41, 5.74) is -0.170. The predicted molar refractivity (Wildman–Crippen MR) is 78.0 cm³/mol. The van der Waals surface area contributed by atoms with Gasteiger partial charge in [-0.15, -0.1) is 11.8 Å². The van der Waals surface area contributed by atoms with Crippen molar-refractivity contribution in [1.82, 2.24) is 5.32 Å². The zero-order chi connectivity index (χ0) is 15.3. The van der Waals surface area contributed by atoms with Crippen LogP contribution in [0.1, 0.15) is 32.4 Å². The Morgan fingerprint density at radius 3 is 2.20 bits per heavy atom. The molecule has 2 N–H and O–H groups in total. The summed E-state index contributed by atoms with van der Waals surface area (Å²) in [7, 11) is 0. The average Bonchev–Trinajstić information content (AvgIpc) is 2.34. The molecule has 0 spiro atoms. The van der Waals surface area contributed by atoms with E-state index in [-0.39, 0.29) is 0 Å². The van der Waals surface area contributed by atoms with Gasteiger partial charge in [-0.05, 0) is 44.7 Å².